The minimum Gasteiger partial charge on any atom is -0.462 e. The number of hydrogen-bond donors (Lipinski definition) is 0. The van der Waals surface area contributed by atoms with Gasteiger partial charge in [-0.05, 0) is 49.0 Å². The van der Waals surface area contributed by atoms with Crippen LogP contribution in [0.3, 0.4) is 0 Å². The first-order chi connectivity index (χ1) is 15.5. The largest absolute Gasteiger partial charge is 0.462 e. The summed E-state index contributed by atoms with van der Waals surface area (Å²) in [6.45, 7) is 1.91. The predicted molar refractivity (Wildman–Crippen MR) is 118 cm³/mol. The van der Waals surface area contributed by atoms with E-state index < -0.39 is 22.9 Å². The van der Waals surface area contributed by atoms with Gasteiger partial charge in [-0.3, -0.25) is 14.5 Å². The third kappa shape index (κ3) is 4.50. The smallest absolute Gasteiger partial charge is 0.338 e. The standard InChI is InChI=1S/C24H18FNO5S/c1-2-30-23(28)16-9-7-15(8-10-16)20-12-11-18(31-20)13-21-22(27)26(24(29)32-21)14-17-5-3-4-6-19(17)25/h3-13H,2,14H2,1H3/b21-13+. The number of thioether (sulfide) groups is 1. The summed E-state index contributed by atoms with van der Waals surface area (Å²) in [5, 5.41) is -0.467. The molecule has 0 radical (unpaired) electrons. The Labute approximate surface area is 187 Å². The summed E-state index contributed by atoms with van der Waals surface area (Å²) in [4.78, 5) is 37.9. The van der Waals surface area contributed by atoms with Crippen molar-refractivity contribution in [3.05, 3.63) is 88.3 Å². The lowest BCUT2D eigenvalue weighted by atomic mass is 10.1. The normalized spacial score (nSPS) is 14.9. The molecule has 0 N–H and O–H groups in total. The van der Waals surface area contributed by atoms with Crippen LogP contribution >= 0.6 is 11.8 Å². The monoisotopic (exact) mass is 451 g/mol. The van der Waals surface area contributed by atoms with E-state index in [4.69, 9.17) is 9.15 Å². The quantitative estimate of drug-likeness (QED) is 0.364. The van der Waals surface area contributed by atoms with E-state index in [0.717, 1.165) is 22.2 Å². The fraction of sp³-hybridized carbons (Fsp3) is 0.125. The summed E-state index contributed by atoms with van der Waals surface area (Å²) in [5.41, 5.74) is 1.44. The van der Waals surface area contributed by atoms with Crippen LogP contribution in [-0.2, 0) is 16.1 Å². The number of amides is 2. The Morgan fingerprint density at radius 3 is 2.56 bits per heavy atom. The molecule has 162 valence electrons. The molecule has 0 saturated carbocycles. The van der Waals surface area contributed by atoms with Crippen LogP contribution in [0.2, 0.25) is 0 Å². The van der Waals surface area contributed by atoms with Crippen molar-refractivity contribution in [2.75, 3.05) is 6.61 Å². The van der Waals surface area contributed by atoms with Crippen molar-refractivity contribution in [1.82, 2.24) is 4.90 Å². The van der Waals surface area contributed by atoms with Crippen molar-refractivity contribution in [3.8, 4) is 11.3 Å². The van der Waals surface area contributed by atoms with Gasteiger partial charge in [0.1, 0.15) is 17.3 Å². The first-order valence-corrected chi connectivity index (χ1v) is 10.6. The van der Waals surface area contributed by atoms with Crippen LogP contribution in [0, 0.1) is 5.82 Å². The summed E-state index contributed by atoms with van der Waals surface area (Å²) < 4.78 is 24.7. The minimum atomic E-state index is -0.500. The van der Waals surface area contributed by atoms with Crippen LogP contribution in [-0.4, -0.2) is 28.6 Å². The van der Waals surface area contributed by atoms with Gasteiger partial charge in [-0.15, -0.1) is 0 Å². The van der Waals surface area contributed by atoms with E-state index in [1.165, 1.54) is 18.2 Å². The molecule has 3 aromatic rings. The van der Waals surface area contributed by atoms with Crippen LogP contribution in [0.5, 0.6) is 0 Å². The molecule has 0 aliphatic carbocycles. The molecule has 2 amide bonds. The number of hydrogen-bond acceptors (Lipinski definition) is 6. The van der Waals surface area contributed by atoms with Crippen molar-refractivity contribution in [2.24, 2.45) is 0 Å². The zero-order chi connectivity index (χ0) is 22.7. The summed E-state index contributed by atoms with van der Waals surface area (Å²) >= 11 is 0.781. The van der Waals surface area contributed by atoms with Crippen LogP contribution in [0.25, 0.3) is 17.4 Å². The Morgan fingerprint density at radius 2 is 1.84 bits per heavy atom. The van der Waals surface area contributed by atoms with Crippen molar-refractivity contribution < 1.29 is 27.9 Å². The molecule has 1 aliphatic heterocycles. The molecule has 1 aromatic heterocycles. The Morgan fingerprint density at radius 1 is 1.09 bits per heavy atom. The Balaban J connectivity index is 1.49. The highest BCUT2D eigenvalue weighted by molar-refractivity contribution is 8.18. The Bertz CT molecular complexity index is 1220. The van der Waals surface area contributed by atoms with Gasteiger partial charge in [-0.2, -0.15) is 0 Å². The second kappa shape index (κ2) is 9.23. The predicted octanol–water partition coefficient (Wildman–Crippen LogP) is 5.50. The second-order valence-corrected chi connectivity index (χ2v) is 7.85. The van der Waals surface area contributed by atoms with Crippen molar-refractivity contribution >= 4 is 35.0 Å². The number of imide groups is 1. The highest BCUT2D eigenvalue weighted by atomic mass is 32.2. The van der Waals surface area contributed by atoms with Gasteiger partial charge >= 0.3 is 5.97 Å². The van der Waals surface area contributed by atoms with Gasteiger partial charge in [0.15, 0.2) is 0 Å². The third-order valence-electron chi connectivity index (χ3n) is 4.74. The SMILES string of the molecule is CCOC(=O)c1ccc(-c2ccc(/C=C3/SC(=O)N(Cc4ccccc4F)C3=O)o2)cc1. The molecule has 0 spiro atoms. The zero-order valence-electron chi connectivity index (χ0n) is 17.0. The van der Waals surface area contributed by atoms with Gasteiger partial charge in [0.2, 0.25) is 0 Å². The molecule has 6 nitrogen and oxygen atoms in total. The minimum absolute atomic E-state index is 0.134. The molecule has 0 bridgehead atoms. The van der Waals surface area contributed by atoms with Gasteiger partial charge < -0.3 is 9.15 Å². The molecule has 0 atom stereocenters. The molecule has 32 heavy (non-hydrogen) atoms. The maximum absolute atomic E-state index is 13.9. The molecule has 0 unspecified atom stereocenters. The lowest BCUT2D eigenvalue weighted by Crippen LogP contribution is -2.27. The molecule has 2 heterocycles. The fourth-order valence-corrected chi connectivity index (χ4v) is 3.95. The maximum Gasteiger partial charge on any atom is 0.338 e. The van der Waals surface area contributed by atoms with Gasteiger partial charge in [0.05, 0.1) is 23.6 Å². The van der Waals surface area contributed by atoms with E-state index in [2.05, 4.69) is 0 Å². The van der Waals surface area contributed by atoms with E-state index >= 15 is 0 Å². The Hall–Kier alpha value is -3.65. The van der Waals surface area contributed by atoms with Gasteiger partial charge in [0.25, 0.3) is 11.1 Å². The summed E-state index contributed by atoms with van der Waals surface area (Å²) in [6, 6.07) is 16.2. The lowest BCUT2D eigenvalue weighted by molar-refractivity contribution is -0.123. The molecule has 4 rings (SSSR count). The summed E-state index contributed by atoms with van der Waals surface area (Å²) in [5.74, 6) is -0.437. The number of esters is 1. The third-order valence-corrected chi connectivity index (χ3v) is 5.65. The number of carbonyl (C=O) groups is 3. The van der Waals surface area contributed by atoms with Gasteiger partial charge in [-0.1, -0.05) is 30.3 Å². The first kappa shape index (κ1) is 21.6. The van der Waals surface area contributed by atoms with E-state index in [0.29, 0.717) is 23.7 Å². The number of furan rings is 1. The zero-order valence-corrected chi connectivity index (χ0v) is 17.9. The number of nitrogens with zero attached hydrogens (tertiary/aromatic N) is 1. The number of ether oxygens (including phenoxy) is 1. The van der Waals surface area contributed by atoms with Crippen molar-refractivity contribution in [1.29, 1.82) is 0 Å². The second-order valence-electron chi connectivity index (χ2n) is 6.86. The molecule has 1 saturated heterocycles. The summed E-state index contributed by atoms with van der Waals surface area (Å²) in [7, 11) is 0. The highest BCUT2D eigenvalue weighted by Crippen LogP contribution is 2.34. The molecule has 2 aromatic carbocycles. The van der Waals surface area contributed by atoms with Crippen LogP contribution in [0.1, 0.15) is 28.6 Å². The fourth-order valence-electron chi connectivity index (χ4n) is 3.13. The lowest BCUT2D eigenvalue weighted by Gasteiger charge is -2.12. The highest BCUT2D eigenvalue weighted by Gasteiger charge is 2.35. The number of benzene rings is 2. The van der Waals surface area contributed by atoms with Crippen LogP contribution in [0.15, 0.2) is 70.0 Å². The van der Waals surface area contributed by atoms with Crippen LogP contribution in [0.4, 0.5) is 9.18 Å². The van der Waals surface area contributed by atoms with Crippen LogP contribution < -0.4 is 0 Å². The van der Waals surface area contributed by atoms with E-state index in [1.807, 2.05) is 0 Å². The first-order valence-electron chi connectivity index (χ1n) is 9.82. The molecule has 1 fully saturated rings. The number of halogens is 1. The molecule has 1 aliphatic rings. The van der Waals surface area contributed by atoms with Gasteiger partial charge in [-0.25, -0.2) is 9.18 Å². The van der Waals surface area contributed by atoms with Crippen molar-refractivity contribution in [2.45, 2.75) is 13.5 Å². The number of carbonyl (C=O) groups excluding carboxylic acids is 3. The summed E-state index contributed by atoms with van der Waals surface area (Å²) in [6.07, 6.45) is 1.49. The molecular weight excluding hydrogens is 433 g/mol. The average molecular weight is 451 g/mol. The van der Waals surface area contributed by atoms with Crippen molar-refractivity contribution in [3.63, 3.8) is 0 Å². The number of rotatable bonds is 6. The van der Waals surface area contributed by atoms with E-state index in [-0.39, 0.29) is 17.0 Å². The Kier molecular flexibility index (Phi) is 6.23. The molecular formula is C24H18FNO5S. The maximum atomic E-state index is 13.9. The van der Waals surface area contributed by atoms with Gasteiger partial charge in [0, 0.05) is 17.2 Å². The van der Waals surface area contributed by atoms with E-state index in [9.17, 15) is 18.8 Å². The topological polar surface area (TPSA) is 76.8 Å². The molecule has 8 heteroatoms. The average Bonchev–Trinajstić information content (AvgIpc) is 3.36. The van der Waals surface area contributed by atoms with E-state index in [1.54, 1.807) is 55.5 Å².